The average molecular weight is 242 g/mol. The van der Waals surface area contributed by atoms with Crippen LogP contribution in [-0.4, -0.2) is 33.1 Å². The van der Waals surface area contributed by atoms with Gasteiger partial charge in [-0.05, 0) is 12.8 Å². The summed E-state index contributed by atoms with van der Waals surface area (Å²) >= 11 is 0. The van der Waals surface area contributed by atoms with Crippen LogP contribution in [0.3, 0.4) is 0 Å². The van der Waals surface area contributed by atoms with Crippen molar-refractivity contribution in [2.75, 3.05) is 7.11 Å². The highest BCUT2D eigenvalue weighted by Crippen LogP contribution is 2.33. The van der Waals surface area contributed by atoms with E-state index in [1.165, 1.54) is 11.8 Å². The third kappa shape index (κ3) is 2.76. The number of aliphatic hydroxyl groups is 1. The fraction of sp³-hybridized carbons (Fsp3) is 0.636. The normalized spacial score (nSPS) is 14.4. The molecule has 2 atom stereocenters. The van der Waals surface area contributed by atoms with Crippen molar-refractivity contribution >= 4 is 5.97 Å². The van der Waals surface area contributed by atoms with E-state index in [0.717, 1.165) is 0 Å². The summed E-state index contributed by atoms with van der Waals surface area (Å²) < 4.78 is 6.70. The SMILES string of the molecule is COc1c(C(O)C(C)CC(=O)O)c(C)nn1C. The molecule has 2 unspecified atom stereocenters. The number of ether oxygens (including phenoxy) is 1. The number of hydrogen-bond acceptors (Lipinski definition) is 4. The lowest BCUT2D eigenvalue weighted by molar-refractivity contribution is -0.139. The number of methoxy groups -OCH3 is 1. The van der Waals surface area contributed by atoms with Crippen molar-refractivity contribution in [3.05, 3.63) is 11.3 Å². The molecule has 0 aromatic carbocycles. The molecule has 0 aliphatic rings. The summed E-state index contributed by atoms with van der Waals surface area (Å²) in [5.41, 5.74) is 1.21. The molecule has 1 rings (SSSR count). The minimum absolute atomic E-state index is 0.0986. The van der Waals surface area contributed by atoms with Crippen molar-refractivity contribution < 1.29 is 19.7 Å². The second kappa shape index (κ2) is 5.18. The first kappa shape index (κ1) is 13.5. The van der Waals surface area contributed by atoms with E-state index in [2.05, 4.69) is 5.10 Å². The van der Waals surface area contributed by atoms with Gasteiger partial charge in [-0.2, -0.15) is 5.10 Å². The van der Waals surface area contributed by atoms with Crippen molar-refractivity contribution in [1.82, 2.24) is 9.78 Å². The Morgan fingerprint density at radius 3 is 2.65 bits per heavy atom. The number of hydrogen-bond donors (Lipinski definition) is 2. The van der Waals surface area contributed by atoms with E-state index in [-0.39, 0.29) is 6.42 Å². The van der Waals surface area contributed by atoms with Gasteiger partial charge in [-0.1, -0.05) is 6.92 Å². The Labute approximate surface area is 99.8 Å². The van der Waals surface area contributed by atoms with Crippen LogP contribution in [-0.2, 0) is 11.8 Å². The largest absolute Gasteiger partial charge is 0.481 e. The number of carboxylic acid groups (broad SMARTS) is 1. The fourth-order valence-corrected chi connectivity index (χ4v) is 1.91. The predicted molar refractivity (Wildman–Crippen MR) is 60.9 cm³/mol. The molecule has 1 aromatic rings. The van der Waals surface area contributed by atoms with E-state index in [4.69, 9.17) is 9.84 Å². The second-order valence-corrected chi connectivity index (χ2v) is 4.15. The number of nitrogens with zero attached hydrogens (tertiary/aromatic N) is 2. The van der Waals surface area contributed by atoms with E-state index >= 15 is 0 Å². The number of aryl methyl sites for hydroxylation is 2. The van der Waals surface area contributed by atoms with Gasteiger partial charge in [-0.25, -0.2) is 4.68 Å². The van der Waals surface area contributed by atoms with E-state index in [9.17, 15) is 9.90 Å². The van der Waals surface area contributed by atoms with Gasteiger partial charge in [0, 0.05) is 7.05 Å². The Balaban J connectivity index is 3.02. The van der Waals surface area contributed by atoms with Crippen LogP contribution in [0.5, 0.6) is 5.88 Å². The van der Waals surface area contributed by atoms with Crippen molar-refractivity contribution in [3.8, 4) is 5.88 Å². The third-order valence-electron chi connectivity index (χ3n) is 2.74. The van der Waals surface area contributed by atoms with Crippen molar-refractivity contribution in [1.29, 1.82) is 0 Å². The lowest BCUT2D eigenvalue weighted by atomic mass is 9.95. The molecule has 0 aliphatic heterocycles. The fourth-order valence-electron chi connectivity index (χ4n) is 1.91. The molecule has 0 bridgehead atoms. The molecule has 2 N–H and O–H groups in total. The van der Waals surface area contributed by atoms with Gasteiger partial charge in [0.1, 0.15) is 0 Å². The number of carbonyl (C=O) groups is 1. The quantitative estimate of drug-likeness (QED) is 0.800. The topological polar surface area (TPSA) is 84.6 Å². The van der Waals surface area contributed by atoms with Gasteiger partial charge >= 0.3 is 5.97 Å². The van der Waals surface area contributed by atoms with Gasteiger partial charge in [0.15, 0.2) is 0 Å². The summed E-state index contributed by atoms with van der Waals surface area (Å²) in [4.78, 5) is 10.6. The first-order valence-electron chi connectivity index (χ1n) is 5.35. The highest BCUT2D eigenvalue weighted by atomic mass is 16.5. The van der Waals surface area contributed by atoms with Crippen LogP contribution < -0.4 is 4.74 Å². The average Bonchev–Trinajstić information content (AvgIpc) is 2.50. The van der Waals surface area contributed by atoms with Gasteiger partial charge in [0.25, 0.3) is 0 Å². The number of aliphatic hydroxyl groups excluding tert-OH is 1. The smallest absolute Gasteiger partial charge is 0.303 e. The minimum Gasteiger partial charge on any atom is -0.481 e. The van der Waals surface area contributed by atoms with Crippen LogP contribution in [0.15, 0.2) is 0 Å². The van der Waals surface area contributed by atoms with Crippen LogP contribution in [0.2, 0.25) is 0 Å². The van der Waals surface area contributed by atoms with Crippen molar-refractivity contribution in [3.63, 3.8) is 0 Å². The maximum Gasteiger partial charge on any atom is 0.303 e. The third-order valence-corrected chi connectivity index (χ3v) is 2.74. The van der Waals surface area contributed by atoms with Crippen LogP contribution in [0.1, 0.15) is 30.7 Å². The van der Waals surface area contributed by atoms with Crippen LogP contribution in [0.4, 0.5) is 0 Å². The molecule has 1 heterocycles. The Morgan fingerprint density at radius 2 is 2.18 bits per heavy atom. The summed E-state index contributed by atoms with van der Waals surface area (Å²) in [6.07, 6.45) is -0.992. The zero-order valence-electron chi connectivity index (χ0n) is 10.5. The molecular weight excluding hydrogens is 224 g/mol. The Morgan fingerprint density at radius 1 is 1.59 bits per heavy atom. The van der Waals surface area contributed by atoms with E-state index in [0.29, 0.717) is 17.1 Å². The number of rotatable bonds is 5. The first-order chi connectivity index (χ1) is 7.88. The van der Waals surface area contributed by atoms with Gasteiger partial charge in [0.05, 0.1) is 30.9 Å². The summed E-state index contributed by atoms with van der Waals surface area (Å²) in [5, 5.41) is 23.0. The van der Waals surface area contributed by atoms with Crippen molar-refractivity contribution in [2.24, 2.45) is 13.0 Å². The number of aliphatic carboxylic acids is 1. The zero-order chi connectivity index (χ0) is 13.2. The molecule has 0 saturated heterocycles. The minimum atomic E-state index is -0.933. The summed E-state index contributed by atoms with van der Waals surface area (Å²) in [7, 11) is 3.21. The molecule has 0 radical (unpaired) electrons. The van der Waals surface area contributed by atoms with Gasteiger partial charge in [-0.3, -0.25) is 4.79 Å². The highest BCUT2D eigenvalue weighted by molar-refractivity contribution is 5.67. The van der Waals surface area contributed by atoms with Crippen molar-refractivity contribution in [2.45, 2.75) is 26.4 Å². The monoisotopic (exact) mass is 242 g/mol. The summed E-state index contributed by atoms with van der Waals surface area (Å²) in [6.45, 7) is 3.44. The van der Waals surface area contributed by atoms with Crippen LogP contribution in [0, 0.1) is 12.8 Å². The molecule has 0 aliphatic carbocycles. The molecule has 0 amide bonds. The maximum atomic E-state index is 10.6. The molecule has 0 spiro atoms. The lowest BCUT2D eigenvalue weighted by Crippen LogP contribution is -2.14. The molecule has 6 heteroatoms. The standard InChI is InChI=1S/C11H18N2O4/c1-6(5-8(14)15)10(16)9-7(2)12-13(3)11(9)17-4/h6,10,16H,5H2,1-4H3,(H,14,15). The Kier molecular flexibility index (Phi) is 4.11. The van der Waals surface area contributed by atoms with Gasteiger partial charge in [-0.15, -0.1) is 0 Å². The zero-order valence-corrected chi connectivity index (χ0v) is 10.5. The van der Waals surface area contributed by atoms with Crippen LogP contribution >= 0.6 is 0 Å². The molecule has 96 valence electrons. The van der Waals surface area contributed by atoms with Crippen LogP contribution in [0.25, 0.3) is 0 Å². The van der Waals surface area contributed by atoms with Gasteiger partial charge < -0.3 is 14.9 Å². The molecule has 17 heavy (non-hydrogen) atoms. The molecule has 6 nitrogen and oxygen atoms in total. The molecule has 0 saturated carbocycles. The molecule has 1 aromatic heterocycles. The maximum absolute atomic E-state index is 10.6. The summed E-state index contributed by atoms with van der Waals surface area (Å²) in [6, 6.07) is 0. The van der Waals surface area contributed by atoms with E-state index in [1.807, 2.05) is 0 Å². The lowest BCUT2D eigenvalue weighted by Gasteiger charge is -2.17. The molecule has 0 fully saturated rings. The second-order valence-electron chi connectivity index (χ2n) is 4.15. The number of aromatic nitrogens is 2. The first-order valence-corrected chi connectivity index (χ1v) is 5.35. The Hall–Kier alpha value is -1.56. The number of carboxylic acids is 1. The van der Waals surface area contributed by atoms with E-state index < -0.39 is 18.0 Å². The molecular formula is C11H18N2O4. The van der Waals surface area contributed by atoms with Gasteiger partial charge in [0.2, 0.25) is 5.88 Å². The Bertz CT molecular complexity index is 414. The highest BCUT2D eigenvalue weighted by Gasteiger charge is 2.27. The van der Waals surface area contributed by atoms with E-state index in [1.54, 1.807) is 20.9 Å². The summed E-state index contributed by atoms with van der Waals surface area (Å²) in [5.74, 6) is -0.867. The predicted octanol–water partition coefficient (Wildman–Crippen LogP) is 0.881.